The third-order valence-corrected chi connectivity index (χ3v) is 5.43. The van der Waals surface area contributed by atoms with Gasteiger partial charge in [0, 0.05) is 18.2 Å². The number of carbonyl (C=O) groups is 3. The molecule has 2 fully saturated rings. The predicted octanol–water partition coefficient (Wildman–Crippen LogP) is -0.155. The van der Waals surface area contributed by atoms with Gasteiger partial charge in [-0.05, 0) is 37.0 Å². The predicted molar refractivity (Wildman–Crippen MR) is 95.2 cm³/mol. The second kappa shape index (κ2) is 6.31. The summed E-state index contributed by atoms with van der Waals surface area (Å²) in [6.45, 7) is 0.542. The highest BCUT2D eigenvalue weighted by molar-refractivity contribution is 6.08. The fourth-order valence-electron chi connectivity index (χ4n) is 4.05. The Morgan fingerprint density at radius 1 is 1.37 bits per heavy atom. The number of nitrogens with two attached hydrogens (primary N) is 1. The fourth-order valence-corrected chi connectivity index (χ4v) is 4.05. The molecule has 1 aromatic heterocycles. The van der Waals surface area contributed by atoms with Gasteiger partial charge < -0.3 is 15.7 Å². The zero-order chi connectivity index (χ0) is 19.3. The van der Waals surface area contributed by atoms with Gasteiger partial charge in [-0.25, -0.2) is 9.36 Å². The van der Waals surface area contributed by atoms with Crippen molar-refractivity contribution in [2.24, 2.45) is 12.8 Å². The largest absolute Gasteiger partial charge is 0.477 e. The number of amides is 2. The lowest BCUT2D eigenvalue weighted by Crippen LogP contribution is -2.69. The molecule has 0 unspecified atom stereocenters. The first-order chi connectivity index (χ1) is 12.9. The maximum Gasteiger partial charge on any atom is 0.352 e. The topological polar surface area (TPSA) is 108 Å². The van der Waals surface area contributed by atoms with Gasteiger partial charge in [0.1, 0.15) is 24.5 Å². The Kier molecular flexibility index (Phi) is 4.07. The lowest BCUT2D eigenvalue weighted by molar-refractivity contribution is -0.670. The van der Waals surface area contributed by atoms with Crippen LogP contribution in [0.15, 0.2) is 47.4 Å². The van der Waals surface area contributed by atoms with Crippen LogP contribution in [0.4, 0.5) is 5.69 Å². The molecule has 2 saturated heterocycles. The molecule has 1 aromatic rings. The van der Waals surface area contributed by atoms with Crippen LogP contribution >= 0.6 is 0 Å². The van der Waals surface area contributed by atoms with Gasteiger partial charge in [-0.2, -0.15) is 0 Å². The van der Waals surface area contributed by atoms with Crippen molar-refractivity contribution in [1.82, 2.24) is 4.90 Å². The van der Waals surface area contributed by atoms with Gasteiger partial charge in [0.15, 0.2) is 12.4 Å². The number of aromatic nitrogens is 1. The van der Waals surface area contributed by atoms with E-state index in [4.69, 9.17) is 5.73 Å². The summed E-state index contributed by atoms with van der Waals surface area (Å²) in [4.78, 5) is 39.6. The molecule has 4 rings (SSSR count). The van der Waals surface area contributed by atoms with Crippen LogP contribution < -0.4 is 15.2 Å². The Bertz CT molecular complexity index is 920. The van der Waals surface area contributed by atoms with Gasteiger partial charge in [0.2, 0.25) is 5.91 Å². The molecule has 0 spiro atoms. The number of fused-ring (bicyclic) bond motifs is 1. The van der Waals surface area contributed by atoms with Crippen LogP contribution in [-0.2, 0) is 21.4 Å². The third-order valence-electron chi connectivity index (χ3n) is 5.43. The molecule has 0 saturated carbocycles. The summed E-state index contributed by atoms with van der Waals surface area (Å²) in [6, 6.07) is 2.85. The first-order valence-corrected chi connectivity index (χ1v) is 8.91. The van der Waals surface area contributed by atoms with Gasteiger partial charge >= 0.3 is 5.97 Å². The fraction of sp³-hybridized carbons (Fsp3) is 0.368. The van der Waals surface area contributed by atoms with Crippen LogP contribution in [0.1, 0.15) is 19.3 Å². The van der Waals surface area contributed by atoms with Crippen molar-refractivity contribution in [3.05, 3.63) is 47.4 Å². The van der Waals surface area contributed by atoms with Crippen LogP contribution in [0.5, 0.6) is 0 Å². The molecule has 140 valence electrons. The molecule has 0 aromatic carbocycles. The number of carbonyl (C=O) groups excluding carboxylic acids is 2. The first kappa shape index (κ1) is 17.4. The van der Waals surface area contributed by atoms with E-state index < -0.39 is 12.0 Å². The average molecular weight is 369 g/mol. The van der Waals surface area contributed by atoms with E-state index in [1.165, 1.54) is 4.90 Å². The SMILES string of the molecule is C[n+]1cccc(N2CC/C(=C\C3=C(C(=O)O)N4C(=O)[C@@H](N)[C@H]4CC3)C2=O)c1. The zero-order valence-corrected chi connectivity index (χ0v) is 15.0. The first-order valence-electron chi connectivity index (χ1n) is 8.91. The Morgan fingerprint density at radius 2 is 2.15 bits per heavy atom. The highest BCUT2D eigenvalue weighted by Gasteiger charge is 2.50. The molecule has 3 N–H and O–H groups in total. The number of hydrogen-bond acceptors (Lipinski definition) is 4. The van der Waals surface area contributed by atoms with Crippen molar-refractivity contribution in [2.45, 2.75) is 31.3 Å². The lowest BCUT2D eigenvalue weighted by Gasteiger charge is -2.48. The lowest BCUT2D eigenvalue weighted by atomic mass is 9.83. The summed E-state index contributed by atoms with van der Waals surface area (Å²) < 4.78 is 1.87. The number of anilines is 1. The smallest absolute Gasteiger partial charge is 0.352 e. The third kappa shape index (κ3) is 2.73. The summed E-state index contributed by atoms with van der Waals surface area (Å²) in [5, 5.41) is 9.62. The summed E-state index contributed by atoms with van der Waals surface area (Å²) >= 11 is 0. The molecule has 4 heterocycles. The molecule has 3 aliphatic rings. The Morgan fingerprint density at radius 3 is 2.85 bits per heavy atom. The number of carboxylic acid groups (broad SMARTS) is 1. The minimum atomic E-state index is -1.16. The van der Waals surface area contributed by atoms with E-state index in [1.54, 1.807) is 11.0 Å². The van der Waals surface area contributed by atoms with Crippen molar-refractivity contribution in [1.29, 1.82) is 0 Å². The molecule has 0 bridgehead atoms. The van der Waals surface area contributed by atoms with Crippen molar-refractivity contribution >= 4 is 23.5 Å². The van der Waals surface area contributed by atoms with E-state index in [0.29, 0.717) is 37.0 Å². The highest BCUT2D eigenvalue weighted by Crippen LogP contribution is 2.37. The van der Waals surface area contributed by atoms with Gasteiger partial charge in [-0.3, -0.25) is 14.5 Å². The summed E-state index contributed by atoms with van der Waals surface area (Å²) in [6.07, 6.45) is 7.04. The van der Waals surface area contributed by atoms with Crippen LogP contribution in [0.25, 0.3) is 0 Å². The Labute approximate surface area is 156 Å². The van der Waals surface area contributed by atoms with E-state index in [-0.39, 0.29) is 23.6 Å². The van der Waals surface area contributed by atoms with Crippen molar-refractivity contribution in [3.8, 4) is 0 Å². The molecule has 0 radical (unpaired) electrons. The van der Waals surface area contributed by atoms with Gasteiger partial charge in [0.25, 0.3) is 5.91 Å². The van der Waals surface area contributed by atoms with Gasteiger partial charge in [-0.15, -0.1) is 0 Å². The van der Waals surface area contributed by atoms with E-state index in [0.717, 1.165) is 5.69 Å². The molecule has 3 aliphatic heterocycles. The van der Waals surface area contributed by atoms with Crippen molar-refractivity contribution in [3.63, 3.8) is 0 Å². The standard InChI is InChI=1S/C19H20N4O4/c1-21-7-2-3-13(10-21)22-8-6-12(17(22)24)9-11-4-5-14-15(20)18(25)23(14)16(11)19(26)27/h2-3,7,9-10,14-15H,4-6,8,20H2,1H3/p+1/b12-9+/t14-,15+/m1/s1. The minimum Gasteiger partial charge on any atom is -0.477 e. The number of aliphatic carboxylic acids is 1. The van der Waals surface area contributed by atoms with Crippen LogP contribution in [-0.4, -0.2) is 46.4 Å². The summed E-state index contributed by atoms with van der Waals surface area (Å²) in [5.74, 6) is -1.67. The molecule has 2 amide bonds. The Balaban J connectivity index is 1.66. The molecular formula is C19H21N4O4+. The summed E-state index contributed by atoms with van der Waals surface area (Å²) in [7, 11) is 1.89. The molecular weight excluding hydrogens is 348 g/mol. The second-order valence-electron chi connectivity index (χ2n) is 7.12. The number of aryl methyl sites for hydroxylation is 1. The van der Waals surface area contributed by atoms with E-state index in [9.17, 15) is 19.5 Å². The number of nitrogens with zero attached hydrogens (tertiary/aromatic N) is 3. The molecule has 2 atom stereocenters. The maximum atomic E-state index is 12.8. The summed E-state index contributed by atoms with van der Waals surface area (Å²) in [5.41, 5.74) is 7.62. The van der Waals surface area contributed by atoms with Crippen LogP contribution in [0.3, 0.4) is 0 Å². The number of β-lactam (4-membered cyclic amide) rings is 1. The number of pyridine rings is 1. The normalized spacial score (nSPS) is 26.5. The highest BCUT2D eigenvalue weighted by atomic mass is 16.4. The van der Waals surface area contributed by atoms with Gasteiger partial charge in [0.05, 0.1) is 6.04 Å². The molecule has 0 aliphatic carbocycles. The monoisotopic (exact) mass is 369 g/mol. The van der Waals surface area contributed by atoms with Crippen LogP contribution in [0, 0.1) is 0 Å². The zero-order valence-electron chi connectivity index (χ0n) is 15.0. The molecule has 8 nitrogen and oxygen atoms in total. The molecule has 8 heteroatoms. The van der Waals surface area contributed by atoms with Crippen LogP contribution in [0.2, 0.25) is 0 Å². The minimum absolute atomic E-state index is 0.0391. The van der Waals surface area contributed by atoms with Gasteiger partial charge in [-0.1, -0.05) is 0 Å². The van der Waals surface area contributed by atoms with E-state index in [1.807, 2.05) is 36.1 Å². The number of rotatable bonds is 3. The van der Waals surface area contributed by atoms with Crippen molar-refractivity contribution < 1.29 is 24.1 Å². The second-order valence-corrected chi connectivity index (χ2v) is 7.12. The average Bonchev–Trinajstić information content (AvgIpc) is 3.01. The molecule has 27 heavy (non-hydrogen) atoms. The number of allylic oxidation sites excluding steroid dienone is 2. The quantitative estimate of drug-likeness (QED) is 0.437. The van der Waals surface area contributed by atoms with E-state index >= 15 is 0 Å². The number of hydrogen-bond donors (Lipinski definition) is 2. The van der Waals surface area contributed by atoms with E-state index in [2.05, 4.69) is 0 Å². The Hall–Kier alpha value is -3.00. The number of carboxylic acids is 1. The maximum absolute atomic E-state index is 12.8. The van der Waals surface area contributed by atoms with Crippen molar-refractivity contribution in [2.75, 3.05) is 11.4 Å².